The van der Waals surface area contributed by atoms with E-state index < -0.39 is 10.1 Å². The molecule has 0 radical (unpaired) electrons. The summed E-state index contributed by atoms with van der Waals surface area (Å²) < 4.78 is 31.4. The molecule has 0 unspecified atom stereocenters. The zero-order valence-corrected chi connectivity index (χ0v) is 13.1. The molecule has 0 atom stereocenters. The number of hydrogen-bond donors (Lipinski definition) is 0. The molecular formula is C10H20NNaO3S. The van der Waals surface area contributed by atoms with Crippen molar-refractivity contribution in [3.05, 3.63) is 12.7 Å². The van der Waals surface area contributed by atoms with E-state index in [9.17, 15) is 13.0 Å². The zero-order valence-electron chi connectivity index (χ0n) is 10.3. The van der Waals surface area contributed by atoms with Gasteiger partial charge in [0.25, 0.3) is 0 Å². The Morgan fingerprint density at radius 2 is 1.94 bits per heavy atom. The molecule has 0 spiro atoms. The molecule has 0 saturated heterocycles. The van der Waals surface area contributed by atoms with Crippen molar-refractivity contribution in [1.82, 2.24) is 4.90 Å². The fourth-order valence-corrected chi connectivity index (χ4v) is 1.79. The summed E-state index contributed by atoms with van der Waals surface area (Å²) in [4.78, 5) is 1.94. The largest absolute Gasteiger partial charge is 1.00 e. The van der Waals surface area contributed by atoms with Crippen LogP contribution in [0.2, 0.25) is 0 Å². The van der Waals surface area contributed by atoms with Gasteiger partial charge in [0.05, 0.1) is 15.9 Å². The summed E-state index contributed by atoms with van der Waals surface area (Å²) >= 11 is 0. The van der Waals surface area contributed by atoms with Crippen LogP contribution in [-0.4, -0.2) is 43.3 Å². The summed E-state index contributed by atoms with van der Waals surface area (Å²) in [5.41, 5.74) is 0. The van der Waals surface area contributed by atoms with Crippen LogP contribution in [0.25, 0.3) is 0 Å². The maximum atomic E-state index is 10.5. The third-order valence-electron chi connectivity index (χ3n) is 2.12. The van der Waals surface area contributed by atoms with Gasteiger partial charge in [-0.25, -0.2) is 8.42 Å². The average Bonchev–Trinajstić information content (AvgIpc) is 2.13. The zero-order chi connectivity index (χ0) is 11.7. The van der Waals surface area contributed by atoms with Crippen molar-refractivity contribution in [3.8, 4) is 0 Å². The normalized spacial score (nSPS) is 11.2. The fraction of sp³-hybridized carbons (Fsp3) is 0.800. The van der Waals surface area contributed by atoms with Gasteiger partial charge in [-0.3, -0.25) is 4.90 Å². The van der Waals surface area contributed by atoms with Crippen molar-refractivity contribution >= 4 is 10.1 Å². The maximum absolute atomic E-state index is 10.5. The standard InChI is InChI=1S/C10H21NO3S.Na/c1-3-5-6-8-11(7-4-2)9-10-15(12,13)14;/h4H,2-3,5-10H2,1H3,(H,12,13,14);/q;+1/p-1. The Hall–Kier alpha value is 0.610. The third kappa shape index (κ3) is 12.7. The molecule has 0 bridgehead atoms. The van der Waals surface area contributed by atoms with Gasteiger partial charge in [0, 0.05) is 13.1 Å². The van der Waals surface area contributed by atoms with E-state index in [2.05, 4.69) is 13.5 Å². The van der Waals surface area contributed by atoms with Crippen LogP contribution in [-0.2, 0) is 10.1 Å². The second-order valence-corrected chi connectivity index (χ2v) is 5.08. The fourth-order valence-electron chi connectivity index (χ4n) is 1.30. The molecule has 0 fully saturated rings. The smallest absolute Gasteiger partial charge is 0.748 e. The minimum Gasteiger partial charge on any atom is -0.748 e. The molecule has 0 aromatic carbocycles. The van der Waals surface area contributed by atoms with Gasteiger partial charge in [0.1, 0.15) is 0 Å². The van der Waals surface area contributed by atoms with Gasteiger partial charge in [-0.05, 0) is 13.0 Å². The Bertz CT molecular complexity index is 267. The summed E-state index contributed by atoms with van der Waals surface area (Å²) in [5.74, 6) is -0.313. The minimum absolute atomic E-state index is 0. The quantitative estimate of drug-likeness (QED) is 0.212. The van der Waals surface area contributed by atoms with E-state index in [0.29, 0.717) is 13.1 Å². The van der Waals surface area contributed by atoms with Crippen LogP contribution in [0.1, 0.15) is 26.2 Å². The topological polar surface area (TPSA) is 60.4 Å². The molecule has 0 aliphatic heterocycles. The molecule has 0 N–H and O–H groups in total. The van der Waals surface area contributed by atoms with Crippen LogP contribution in [0.5, 0.6) is 0 Å². The van der Waals surface area contributed by atoms with Gasteiger partial charge >= 0.3 is 29.6 Å². The first-order chi connectivity index (χ1) is 6.99. The number of hydrogen-bond acceptors (Lipinski definition) is 4. The molecule has 0 heterocycles. The van der Waals surface area contributed by atoms with Crippen molar-refractivity contribution in [2.45, 2.75) is 26.2 Å². The van der Waals surface area contributed by atoms with Crippen molar-refractivity contribution in [2.75, 3.05) is 25.4 Å². The molecule has 0 amide bonds. The Balaban J connectivity index is 0. The summed E-state index contributed by atoms with van der Waals surface area (Å²) in [7, 11) is -4.09. The number of unbranched alkanes of at least 4 members (excludes halogenated alkanes) is 2. The monoisotopic (exact) mass is 257 g/mol. The van der Waals surface area contributed by atoms with Crippen molar-refractivity contribution < 1.29 is 42.5 Å². The van der Waals surface area contributed by atoms with Crippen LogP contribution in [0.3, 0.4) is 0 Å². The number of nitrogens with zero attached hydrogens (tertiary/aromatic N) is 1. The average molecular weight is 257 g/mol. The maximum Gasteiger partial charge on any atom is 1.00 e. The molecule has 0 rings (SSSR count). The molecule has 0 aliphatic carbocycles. The summed E-state index contributed by atoms with van der Waals surface area (Å²) in [6, 6.07) is 0. The van der Waals surface area contributed by atoms with Gasteiger partial charge in [0.2, 0.25) is 0 Å². The first kappa shape index (κ1) is 19.0. The van der Waals surface area contributed by atoms with E-state index in [0.717, 1.165) is 25.8 Å². The van der Waals surface area contributed by atoms with E-state index in [4.69, 9.17) is 0 Å². The predicted molar refractivity (Wildman–Crippen MR) is 60.7 cm³/mol. The SMILES string of the molecule is C=CCN(CCCCC)CCS(=O)(=O)[O-].[Na+]. The second kappa shape index (κ2) is 10.7. The van der Waals surface area contributed by atoms with Gasteiger partial charge in [-0.2, -0.15) is 0 Å². The Labute approximate surface area is 121 Å². The van der Waals surface area contributed by atoms with E-state index in [1.54, 1.807) is 6.08 Å². The van der Waals surface area contributed by atoms with E-state index >= 15 is 0 Å². The molecule has 0 aliphatic rings. The van der Waals surface area contributed by atoms with Crippen LogP contribution in [0.15, 0.2) is 12.7 Å². The molecule has 0 aromatic heterocycles. The first-order valence-electron chi connectivity index (χ1n) is 5.26. The van der Waals surface area contributed by atoms with Crippen LogP contribution in [0, 0.1) is 0 Å². The van der Waals surface area contributed by atoms with Gasteiger partial charge in [-0.15, -0.1) is 6.58 Å². The van der Waals surface area contributed by atoms with Gasteiger partial charge in [-0.1, -0.05) is 25.8 Å². The molecular weight excluding hydrogens is 237 g/mol. The van der Waals surface area contributed by atoms with E-state index in [1.807, 2.05) is 4.90 Å². The Kier molecular flexibility index (Phi) is 12.7. The van der Waals surface area contributed by atoms with Crippen LogP contribution < -0.4 is 29.6 Å². The Morgan fingerprint density at radius 3 is 2.38 bits per heavy atom. The van der Waals surface area contributed by atoms with Crippen molar-refractivity contribution in [3.63, 3.8) is 0 Å². The first-order valence-corrected chi connectivity index (χ1v) is 6.84. The van der Waals surface area contributed by atoms with Crippen LogP contribution >= 0.6 is 0 Å². The van der Waals surface area contributed by atoms with Crippen molar-refractivity contribution in [2.24, 2.45) is 0 Å². The molecule has 6 heteroatoms. The molecule has 0 aromatic rings. The molecule has 90 valence electrons. The number of rotatable bonds is 9. The third-order valence-corrected chi connectivity index (χ3v) is 2.81. The van der Waals surface area contributed by atoms with Crippen molar-refractivity contribution in [1.29, 1.82) is 0 Å². The molecule has 0 saturated carbocycles. The molecule has 4 nitrogen and oxygen atoms in total. The second-order valence-electron chi connectivity index (χ2n) is 3.56. The summed E-state index contributed by atoms with van der Waals surface area (Å²) in [6.45, 7) is 7.49. The molecule has 16 heavy (non-hydrogen) atoms. The van der Waals surface area contributed by atoms with Crippen LogP contribution in [0.4, 0.5) is 0 Å². The predicted octanol–water partition coefficient (Wildman–Crippen LogP) is -1.79. The summed E-state index contributed by atoms with van der Waals surface area (Å²) in [5, 5.41) is 0. The van der Waals surface area contributed by atoms with Gasteiger partial charge < -0.3 is 4.55 Å². The Morgan fingerprint density at radius 1 is 1.31 bits per heavy atom. The van der Waals surface area contributed by atoms with E-state index in [-0.39, 0.29) is 35.3 Å². The van der Waals surface area contributed by atoms with E-state index in [1.165, 1.54) is 0 Å². The minimum atomic E-state index is -4.09. The summed E-state index contributed by atoms with van der Waals surface area (Å²) in [6.07, 6.45) is 5.01. The van der Waals surface area contributed by atoms with Gasteiger partial charge in [0.15, 0.2) is 0 Å².